The van der Waals surface area contributed by atoms with E-state index in [-0.39, 0.29) is 5.75 Å². The van der Waals surface area contributed by atoms with Crippen LogP contribution in [0.5, 0.6) is 17.2 Å². The molecule has 0 unspecified atom stereocenters. The van der Waals surface area contributed by atoms with Crippen LogP contribution in [0.15, 0.2) is 23.3 Å². The van der Waals surface area contributed by atoms with Gasteiger partial charge in [-0.15, -0.1) is 0 Å². The fourth-order valence-corrected chi connectivity index (χ4v) is 2.04. The molecule has 0 bridgehead atoms. The zero-order valence-electron chi connectivity index (χ0n) is 13.2. The molecule has 3 nitrogen and oxygen atoms in total. The third-order valence-corrected chi connectivity index (χ3v) is 2.90. The summed E-state index contributed by atoms with van der Waals surface area (Å²) in [7, 11) is 3.10. The van der Waals surface area contributed by atoms with E-state index in [2.05, 4.69) is 6.08 Å². The van der Waals surface area contributed by atoms with Crippen molar-refractivity contribution < 1.29 is 14.6 Å². The molecule has 1 aromatic carbocycles. The van der Waals surface area contributed by atoms with Crippen molar-refractivity contribution in [2.24, 2.45) is 0 Å². The molecular formula is C17H24O3. The van der Waals surface area contributed by atoms with Gasteiger partial charge in [0.05, 0.1) is 14.2 Å². The molecule has 1 rings (SSSR count). The van der Waals surface area contributed by atoms with Gasteiger partial charge in [0.2, 0.25) is 5.75 Å². The SMILES string of the molecule is COc1c(C=C(C)C)cc(CC=C(C)C)c(OC)c1O. The van der Waals surface area contributed by atoms with Crippen molar-refractivity contribution in [3.05, 3.63) is 34.4 Å². The molecule has 1 aromatic rings. The minimum Gasteiger partial charge on any atom is -0.502 e. The van der Waals surface area contributed by atoms with Crippen molar-refractivity contribution in [2.45, 2.75) is 34.1 Å². The molecule has 0 fully saturated rings. The van der Waals surface area contributed by atoms with E-state index in [0.29, 0.717) is 17.9 Å². The van der Waals surface area contributed by atoms with Crippen LogP contribution in [0.3, 0.4) is 0 Å². The lowest BCUT2D eigenvalue weighted by atomic mass is 10.0. The first-order valence-electron chi connectivity index (χ1n) is 6.65. The summed E-state index contributed by atoms with van der Waals surface area (Å²) in [5.41, 5.74) is 4.18. The fraction of sp³-hybridized carbons (Fsp3) is 0.412. The summed E-state index contributed by atoms with van der Waals surface area (Å²) in [6.07, 6.45) is 4.81. The molecule has 3 heteroatoms. The summed E-state index contributed by atoms with van der Waals surface area (Å²) < 4.78 is 10.6. The summed E-state index contributed by atoms with van der Waals surface area (Å²) in [4.78, 5) is 0. The highest BCUT2D eigenvalue weighted by Gasteiger charge is 2.17. The molecule has 0 spiro atoms. The molecule has 0 radical (unpaired) electrons. The van der Waals surface area contributed by atoms with Crippen molar-refractivity contribution >= 4 is 6.08 Å². The van der Waals surface area contributed by atoms with Gasteiger partial charge < -0.3 is 14.6 Å². The average molecular weight is 276 g/mol. The Labute approximate surface area is 121 Å². The average Bonchev–Trinajstić information content (AvgIpc) is 2.35. The lowest BCUT2D eigenvalue weighted by Crippen LogP contribution is -1.97. The Morgan fingerprint density at radius 1 is 1.05 bits per heavy atom. The number of benzene rings is 1. The number of ether oxygens (including phenoxy) is 2. The molecule has 1 N–H and O–H groups in total. The first-order chi connectivity index (χ1) is 9.40. The van der Waals surface area contributed by atoms with Crippen molar-refractivity contribution in [3.8, 4) is 17.2 Å². The van der Waals surface area contributed by atoms with E-state index in [1.54, 1.807) is 14.2 Å². The minimum atomic E-state index is 0.0576. The number of phenols is 1. The quantitative estimate of drug-likeness (QED) is 0.813. The molecule has 0 aliphatic carbocycles. The van der Waals surface area contributed by atoms with E-state index in [4.69, 9.17) is 9.47 Å². The first kappa shape index (κ1) is 16.2. The molecule has 0 aliphatic rings. The molecule has 110 valence electrons. The van der Waals surface area contributed by atoms with Gasteiger partial charge in [-0.1, -0.05) is 23.3 Å². The van der Waals surface area contributed by atoms with Gasteiger partial charge in [-0.25, -0.2) is 0 Å². The fourth-order valence-electron chi connectivity index (χ4n) is 2.04. The van der Waals surface area contributed by atoms with Crippen molar-refractivity contribution in [2.75, 3.05) is 14.2 Å². The van der Waals surface area contributed by atoms with E-state index in [9.17, 15) is 5.11 Å². The molecule has 20 heavy (non-hydrogen) atoms. The third-order valence-electron chi connectivity index (χ3n) is 2.90. The lowest BCUT2D eigenvalue weighted by molar-refractivity contribution is 0.337. The second-order valence-corrected chi connectivity index (χ2v) is 5.25. The predicted octanol–water partition coefficient (Wildman–Crippen LogP) is 4.34. The Bertz CT molecular complexity index is 532. The van der Waals surface area contributed by atoms with Crippen LogP contribution in [0.4, 0.5) is 0 Å². The van der Waals surface area contributed by atoms with Gasteiger partial charge >= 0.3 is 0 Å². The molecule has 0 saturated carbocycles. The van der Waals surface area contributed by atoms with Crippen LogP contribution in [0.1, 0.15) is 38.8 Å². The van der Waals surface area contributed by atoms with Gasteiger partial charge in [0.1, 0.15) is 0 Å². The van der Waals surface area contributed by atoms with E-state index in [1.807, 2.05) is 39.8 Å². The van der Waals surface area contributed by atoms with Gasteiger partial charge in [-0.3, -0.25) is 0 Å². The molecule has 0 amide bonds. The Hall–Kier alpha value is -1.90. The van der Waals surface area contributed by atoms with Crippen LogP contribution in [-0.4, -0.2) is 19.3 Å². The number of hydrogen-bond donors (Lipinski definition) is 1. The topological polar surface area (TPSA) is 38.7 Å². The normalized spacial score (nSPS) is 9.90. The third kappa shape index (κ3) is 3.80. The number of phenolic OH excluding ortho intramolecular Hbond substituents is 1. The highest BCUT2D eigenvalue weighted by molar-refractivity contribution is 5.69. The monoisotopic (exact) mass is 276 g/mol. The lowest BCUT2D eigenvalue weighted by Gasteiger charge is -2.15. The van der Waals surface area contributed by atoms with Crippen LogP contribution >= 0.6 is 0 Å². The van der Waals surface area contributed by atoms with E-state index in [0.717, 1.165) is 16.7 Å². The number of hydrogen-bond acceptors (Lipinski definition) is 3. The molecule has 0 aliphatic heterocycles. The van der Waals surface area contributed by atoms with Crippen LogP contribution in [0, 0.1) is 0 Å². The van der Waals surface area contributed by atoms with Crippen LogP contribution < -0.4 is 9.47 Å². The number of rotatable bonds is 5. The highest BCUT2D eigenvalue weighted by atomic mass is 16.5. The second-order valence-electron chi connectivity index (χ2n) is 5.25. The smallest absolute Gasteiger partial charge is 0.201 e. The van der Waals surface area contributed by atoms with Crippen molar-refractivity contribution in [1.82, 2.24) is 0 Å². The zero-order chi connectivity index (χ0) is 15.3. The molecule has 0 saturated heterocycles. The summed E-state index contributed by atoms with van der Waals surface area (Å²) in [5, 5.41) is 10.3. The standard InChI is InChI=1S/C17H24O3/c1-11(2)7-8-13-10-14(9-12(3)4)17(20-6)15(18)16(13)19-5/h7,9-10,18H,8H2,1-6H3. The number of methoxy groups -OCH3 is 2. The zero-order valence-corrected chi connectivity index (χ0v) is 13.2. The van der Waals surface area contributed by atoms with Gasteiger partial charge in [0, 0.05) is 11.1 Å². The van der Waals surface area contributed by atoms with Crippen LogP contribution in [0.2, 0.25) is 0 Å². The van der Waals surface area contributed by atoms with E-state index in [1.165, 1.54) is 5.57 Å². The van der Waals surface area contributed by atoms with Gasteiger partial charge in [0.25, 0.3) is 0 Å². The predicted molar refractivity (Wildman–Crippen MR) is 83.7 cm³/mol. The maximum absolute atomic E-state index is 10.3. The Morgan fingerprint density at radius 2 is 1.65 bits per heavy atom. The minimum absolute atomic E-state index is 0.0576. The Balaban J connectivity index is 3.47. The maximum atomic E-state index is 10.3. The van der Waals surface area contributed by atoms with Crippen molar-refractivity contribution in [1.29, 1.82) is 0 Å². The highest BCUT2D eigenvalue weighted by Crippen LogP contribution is 2.43. The van der Waals surface area contributed by atoms with Gasteiger partial charge in [-0.2, -0.15) is 0 Å². The van der Waals surface area contributed by atoms with Crippen LogP contribution in [0.25, 0.3) is 6.08 Å². The number of aromatic hydroxyl groups is 1. The summed E-state index contributed by atoms with van der Waals surface area (Å²) in [5.74, 6) is 0.983. The Kier molecular flexibility index (Phi) is 5.68. The molecular weight excluding hydrogens is 252 g/mol. The summed E-state index contributed by atoms with van der Waals surface area (Å²) >= 11 is 0. The molecule has 0 heterocycles. The molecule has 0 aromatic heterocycles. The molecule has 0 atom stereocenters. The van der Waals surface area contributed by atoms with E-state index >= 15 is 0 Å². The maximum Gasteiger partial charge on any atom is 0.201 e. The summed E-state index contributed by atoms with van der Waals surface area (Å²) in [6, 6.07) is 2.00. The Morgan fingerprint density at radius 3 is 2.10 bits per heavy atom. The first-order valence-corrected chi connectivity index (χ1v) is 6.65. The summed E-state index contributed by atoms with van der Waals surface area (Å²) in [6.45, 7) is 8.12. The number of allylic oxidation sites excluding steroid dienone is 3. The van der Waals surface area contributed by atoms with E-state index < -0.39 is 0 Å². The van der Waals surface area contributed by atoms with Gasteiger partial charge in [0.15, 0.2) is 11.5 Å². The van der Waals surface area contributed by atoms with Gasteiger partial charge in [-0.05, 0) is 40.2 Å². The second kappa shape index (κ2) is 7.04. The largest absolute Gasteiger partial charge is 0.502 e. The van der Waals surface area contributed by atoms with Crippen molar-refractivity contribution in [3.63, 3.8) is 0 Å². The van der Waals surface area contributed by atoms with Crippen LogP contribution in [-0.2, 0) is 6.42 Å².